The van der Waals surface area contributed by atoms with Crippen LogP contribution in [0.3, 0.4) is 0 Å². The van der Waals surface area contributed by atoms with Crippen LogP contribution in [-0.4, -0.2) is 46.9 Å². The summed E-state index contributed by atoms with van der Waals surface area (Å²) >= 11 is 0. The molecule has 0 fully saturated rings. The topological polar surface area (TPSA) is 95.9 Å². The third-order valence-electron chi connectivity index (χ3n) is 12.6. The summed E-state index contributed by atoms with van der Waals surface area (Å²) in [6.45, 7) is 6.49. The van der Waals surface area contributed by atoms with Crippen molar-refractivity contribution >= 4 is 11.9 Å². The number of hydrogen-bond acceptors (Lipinski definition) is 5. The highest BCUT2D eigenvalue weighted by atomic mass is 16.5. The molecule has 0 aliphatic heterocycles. The van der Waals surface area contributed by atoms with Crippen LogP contribution in [0.15, 0.2) is 24.3 Å². The maximum atomic E-state index is 13.2. The summed E-state index contributed by atoms with van der Waals surface area (Å²) in [6, 6.07) is -0.711. The number of esters is 1. The van der Waals surface area contributed by atoms with Gasteiger partial charge < -0.3 is 20.3 Å². The first-order valence-electron chi connectivity index (χ1n) is 27.1. The van der Waals surface area contributed by atoms with Gasteiger partial charge in [-0.3, -0.25) is 9.59 Å². The number of carbonyl (C=O) groups excluding carboxylic acids is 2. The maximum absolute atomic E-state index is 13.2. The lowest BCUT2D eigenvalue weighted by molar-refractivity contribution is -0.151. The van der Waals surface area contributed by atoms with Crippen molar-refractivity contribution in [2.75, 3.05) is 6.61 Å². The highest BCUT2D eigenvalue weighted by Gasteiger charge is 2.24. The summed E-state index contributed by atoms with van der Waals surface area (Å²) < 4.78 is 5.91. The Morgan fingerprint density at radius 2 is 0.836 bits per heavy atom. The molecule has 6 heteroatoms. The van der Waals surface area contributed by atoms with E-state index >= 15 is 0 Å². The fraction of sp³-hybridized carbons (Fsp3) is 0.891. The Morgan fingerprint density at radius 3 is 1.25 bits per heavy atom. The van der Waals surface area contributed by atoms with Gasteiger partial charge in [-0.05, 0) is 44.9 Å². The molecule has 0 aromatic heterocycles. The monoisotopic (exact) mass is 860 g/mol. The summed E-state index contributed by atoms with van der Waals surface area (Å²) in [7, 11) is 0. The molecule has 3 atom stereocenters. The molecule has 0 heterocycles. The fourth-order valence-corrected chi connectivity index (χ4v) is 8.43. The molecule has 0 radical (unpaired) electrons. The van der Waals surface area contributed by atoms with Crippen molar-refractivity contribution in [2.24, 2.45) is 0 Å². The zero-order valence-electron chi connectivity index (χ0n) is 41.1. The lowest BCUT2D eigenvalue weighted by Crippen LogP contribution is -2.46. The van der Waals surface area contributed by atoms with Crippen LogP contribution in [0.5, 0.6) is 0 Å². The van der Waals surface area contributed by atoms with Gasteiger partial charge in [0.15, 0.2) is 0 Å². The minimum Gasteiger partial charge on any atom is -0.462 e. The van der Waals surface area contributed by atoms with E-state index in [1.54, 1.807) is 0 Å². The first-order chi connectivity index (χ1) is 30.0. The molecule has 0 aromatic rings. The zero-order chi connectivity index (χ0) is 44.5. The second-order valence-electron chi connectivity index (χ2n) is 18.7. The molecule has 1 amide bonds. The van der Waals surface area contributed by atoms with Gasteiger partial charge in [-0.25, -0.2) is 0 Å². The molecule has 0 bridgehead atoms. The second kappa shape index (κ2) is 49.4. The molecule has 0 saturated carbocycles. The lowest BCUT2D eigenvalue weighted by Gasteiger charge is -2.24. The average Bonchev–Trinajstić information content (AvgIpc) is 3.25. The molecule has 0 aliphatic carbocycles. The van der Waals surface area contributed by atoms with E-state index in [4.69, 9.17) is 4.74 Å². The predicted octanol–water partition coefficient (Wildman–Crippen LogP) is 16.3. The Balaban J connectivity index is 4.58. The van der Waals surface area contributed by atoms with Crippen LogP contribution in [0.4, 0.5) is 0 Å². The summed E-state index contributed by atoms with van der Waals surface area (Å²) in [5.41, 5.74) is 0. The largest absolute Gasteiger partial charge is 0.462 e. The number of carbonyl (C=O) groups is 2. The van der Waals surface area contributed by atoms with Gasteiger partial charge in [0.2, 0.25) is 5.91 Å². The van der Waals surface area contributed by atoms with Crippen LogP contribution in [0.1, 0.15) is 290 Å². The Kier molecular flexibility index (Phi) is 48.0. The van der Waals surface area contributed by atoms with Crippen LogP contribution in [-0.2, 0) is 14.3 Å². The molecule has 0 aliphatic rings. The molecule has 3 unspecified atom stereocenters. The Labute approximate surface area is 380 Å². The summed E-state index contributed by atoms with van der Waals surface area (Å²) in [4.78, 5) is 26.1. The molecule has 0 saturated heterocycles. The molecule has 6 nitrogen and oxygen atoms in total. The van der Waals surface area contributed by atoms with Gasteiger partial charge in [0.1, 0.15) is 6.10 Å². The lowest BCUT2D eigenvalue weighted by atomic mass is 10.0. The van der Waals surface area contributed by atoms with Crippen LogP contribution >= 0.6 is 0 Å². The average molecular weight is 860 g/mol. The van der Waals surface area contributed by atoms with Crippen molar-refractivity contribution in [2.45, 2.75) is 309 Å². The minimum absolute atomic E-state index is 0.0502. The van der Waals surface area contributed by atoms with E-state index < -0.39 is 18.2 Å². The van der Waals surface area contributed by atoms with Crippen molar-refractivity contribution in [3.05, 3.63) is 24.3 Å². The van der Waals surface area contributed by atoms with E-state index in [0.717, 1.165) is 57.8 Å². The van der Waals surface area contributed by atoms with E-state index in [9.17, 15) is 19.8 Å². The minimum atomic E-state index is -0.795. The van der Waals surface area contributed by atoms with E-state index in [-0.39, 0.29) is 24.9 Å². The first kappa shape index (κ1) is 59.3. The number of aliphatic hydroxyl groups excluding tert-OH is 2. The smallest absolute Gasteiger partial charge is 0.306 e. The van der Waals surface area contributed by atoms with Crippen LogP contribution < -0.4 is 5.32 Å². The van der Waals surface area contributed by atoms with Crippen molar-refractivity contribution in [1.82, 2.24) is 5.32 Å². The number of hydrogen-bond donors (Lipinski definition) is 3. The van der Waals surface area contributed by atoms with Crippen LogP contribution in [0.2, 0.25) is 0 Å². The standard InChI is InChI=1S/C55H105NO5/c1-4-7-10-13-16-19-22-25-27-30-32-35-38-41-44-47-53(58)52(50-57)56-54(59)49-51(46-43-40-37-34-31-29-26-23-20-17-14-11-8-5-2)61-55(60)48-45-42-39-36-33-28-24-21-18-15-12-9-6-3/h29,31,34,37,51-53,57-58H,4-28,30,32-33,35-36,38-50H2,1-3H3,(H,56,59)/b31-29+,37-34+. The molecule has 0 rings (SSSR count). The van der Waals surface area contributed by atoms with E-state index in [1.807, 2.05) is 0 Å². The van der Waals surface area contributed by atoms with Gasteiger partial charge in [0.25, 0.3) is 0 Å². The zero-order valence-corrected chi connectivity index (χ0v) is 41.1. The summed E-state index contributed by atoms with van der Waals surface area (Å²) in [5, 5.41) is 23.8. The maximum Gasteiger partial charge on any atom is 0.306 e. The highest BCUT2D eigenvalue weighted by molar-refractivity contribution is 5.77. The number of amides is 1. The quantitative estimate of drug-likeness (QED) is 0.0322. The molecule has 360 valence electrons. The van der Waals surface area contributed by atoms with Crippen molar-refractivity contribution in [3.63, 3.8) is 0 Å². The molecular weight excluding hydrogens is 755 g/mol. The first-order valence-corrected chi connectivity index (χ1v) is 27.1. The normalized spacial score (nSPS) is 13.3. The number of allylic oxidation sites excluding steroid dienone is 4. The Hall–Kier alpha value is -1.66. The van der Waals surface area contributed by atoms with Gasteiger partial charge in [-0.1, -0.05) is 257 Å². The fourth-order valence-electron chi connectivity index (χ4n) is 8.43. The Bertz CT molecular complexity index is 966. The number of unbranched alkanes of at least 4 members (excludes halogenated alkanes) is 34. The van der Waals surface area contributed by atoms with Crippen molar-refractivity contribution < 1.29 is 24.5 Å². The summed E-state index contributed by atoms with van der Waals surface area (Å²) in [6.07, 6.45) is 56.7. The third-order valence-corrected chi connectivity index (χ3v) is 12.6. The van der Waals surface area contributed by atoms with Crippen LogP contribution in [0, 0.1) is 0 Å². The SMILES string of the molecule is CCCCCCCCC/C=C/C=C/CCCC(CC(=O)NC(CO)C(O)CCCCCCCCCCCCCCCCC)OC(=O)CCCCCCCCCCCCCCC. The van der Waals surface area contributed by atoms with Gasteiger partial charge in [0.05, 0.1) is 25.2 Å². The molecule has 0 spiro atoms. The Morgan fingerprint density at radius 1 is 0.475 bits per heavy atom. The number of aliphatic hydroxyl groups is 2. The second-order valence-corrected chi connectivity index (χ2v) is 18.7. The molecular formula is C55H105NO5. The molecule has 61 heavy (non-hydrogen) atoms. The van der Waals surface area contributed by atoms with Crippen molar-refractivity contribution in [1.29, 1.82) is 0 Å². The summed E-state index contributed by atoms with van der Waals surface area (Å²) in [5.74, 6) is -0.506. The molecule has 3 N–H and O–H groups in total. The number of rotatable bonds is 49. The van der Waals surface area contributed by atoms with Gasteiger partial charge in [-0.15, -0.1) is 0 Å². The van der Waals surface area contributed by atoms with Gasteiger partial charge >= 0.3 is 5.97 Å². The predicted molar refractivity (Wildman–Crippen MR) is 264 cm³/mol. The van der Waals surface area contributed by atoms with E-state index in [0.29, 0.717) is 19.3 Å². The van der Waals surface area contributed by atoms with E-state index in [2.05, 4.69) is 50.4 Å². The number of nitrogens with one attached hydrogen (secondary N) is 1. The molecule has 0 aromatic carbocycles. The van der Waals surface area contributed by atoms with Gasteiger partial charge in [0, 0.05) is 6.42 Å². The van der Waals surface area contributed by atoms with Gasteiger partial charge in [-0.2, -0.15) is 0 Å². The van der Waals surface area contributed by atoms with Crippen LogP contribution in [0.25, 0.3) is 0 Å². The van der Waals surface area contributed by atoms with E-state index in [1.165, 1.54) is 186 Å². The van der Waals surface area contributed by atoms with Crippen molar-refractivity contribution in [3.8, 4) is 0 Å². The third kappa shape index (κ3) is 44.7. The number of ether oxygens (including phenoxy) is 1. The highest BCUT2D eigenvalue weighted by Crippen LogP contribution is 2.18.